The SMILES string of the molecule is C[C@H]1CCN(C(=O)C[NH+]2CCN(c3ncccn3)CC2)c2ccccc2S1. The summed E-state index contributed by atoms with van der Waals surface area (Å²) in [5.74, 6) is 1.02. The molecule has 1 amide bonds. The second kappa shape index (κ2) is 8.27. The second-order valence-electron chi connectivity index (χ2n) is 7.19. The number of amides is 1. The second-order valence-corrected chi connectivity index (χ2v) is 8.67. The zero-order valence-electron chi connectivity index (χ0n) is 15.7. The Hall–Kier alpha value is -2.12. The minimum atomic E-state index is 0.233. The van der Waals surface area contributed by atoms with E-state index in [0.29, 0.717) is 11.8 Å². The van der Waals surface area contributed by atoms with Crippen LogP contribution in [-0.2, 0) is 4.79 Å². The standard InChI is InChI=1S/C20H25N5OS/c1-16-7-10-25(17-5-2-3-6-18(17)27-16)19(26)15-23-11-13-24(14-12-23)20-21-8-4-9-22-20/h2-6,8-9,16H,7,10-15H2,1H3/p+1/t16-/m0/s1. The summed E-state index contributed by atoms with van der Waals surface area (Å²) >= 11 is 1.88. The number of nitrogens with zero attached hydrogens (tertiary/aromatic N) is 4. The van der Waals surface area contributed by atoms with Gasteiger partial charge in [-0.2, -0.15) is 0 Å². The van der Waals surface area contributed by atoms with Crippen LogP contribution in [0.1, 0.15) is 13.3 Å². The minimum absolute atomic E-state index is 0.233. The average molecular weight is 385 g/mol. The third-order valence-electron chi connectivity index (χ3n) is 5.25. The molecule has 1 aromatic heterocycles. The number of anilines is 2. The van der Waals surface area contributed by atoms with Crippen molar-refractivity contribution in [2.45, 2.75) is 23.5 Å². The molecule has 0 spiro atoms. The fourth-order valence-electron chi connectivity index (χ4n) is 3.71. The largest absolute Gasteiger partial charge is 0.330 e. The number of carbonyl (C=O) groups excluding carboxylic acids is 1. The first-order valence-electron chi connectivity index (χ1n) is 9.62. The maximum Gasteiger partial charge on any atom is 0.282 e. The number of aromatic nitrogens is 2. The van der Waals surface area contributed by atoms with Crippen molar-refractivity contribution in [1.29, 1.82) is 0 Å². The van der Waals surface area contributed by atoms with Gasteiger partial charge in [0.1, 0.15) is 0 Å². The molecule has 7 heteroatoms. The van der Waals surface area contributed by atoms with Crippen LogP contribution in [-0.4, -0.2) is 60.4 Å². The predicted molar refractivity (Wildman–Crippen MR) is 109 cm³/mol. The van der Waals surface area contributed by atoms with Gasteiger partial charge in [-0.05, 0) is 24.6 Å². The van der Waals surface area contributed by atoms with E-state index < -0.39 is 0 Å². The highest BCUT2D eigenvalue weighted by Gasteiger charge is 2.29. The lowest BCUT2D eigenvalue weighted by molar-refractivity contribution is -0.892. The molecule has 3 heterocycles. The molecule has 1 aromatic carbocycles. The van der Waals surface area contributed by atoms with Crippen LogP contribution in [0.2, 0.25) is 0 Å². The van der Waals surface area contributed by atoms with E-state index in [-0.39, 0.29) is 5.91 Å². The molecule has 2 aliphatic heterocycles. The Morgan fingerprint density at radius 3 is 2.67 bits per heavy atom. The van der Waals surface area contributed by atoms with Crippen molar-refractivity contribution < 1.29 is 9.69 Å². The smallest absolute Gasteiger partial charge is 0.282 e. The third-order valence-corrected chi connectivity index (χ3v) is 6.49. The number of rotatable bonds is 3. The van der Waals surface area contributed by atoms with E-state index >= 15 is 0 Å². The van der Waals surface area contributed by atoms with Crippen molar-refractivity contribution in [3.05, 3.63) is 42.7 Å². The summed E-state index contributed by atoms with van der Waals surface area (Å²) in [5.41, 5.74) is 1.08. The number of nitrogens with one attached hydrogen (secondary N) is 1. The van der Waals surface area contributed by atoms with Gasteiger partial charge in [0.2, 0.25) is 5.95 Å². The van der Waals surface area contributed by atoms with E-state index in [2.05, 4.69) is 40.0 Å². The number of piperazine rings is 1. The van der Waals surface area contributed by atoms with Gasteiger partial charge in [-0.25, -0.2) is 9.97 Å². The van der Waals surface area contributed by atoms with E-state index in [1.807, 2.05) is 28.8 Å². The highest BCUT2D eigenvalue weighted by atomic mass is 32.2. The average Bonchev–Trinajstić information content (AvgIpc) is 2.87. The predicted octanol–water partition coefficient (Wildman–Crippen LogP) is 1.10. The first-order valence-corrected chi connectivity index (χ1v) is 10.5. The zero-order valence-corrected chi connectivity index (χ0v) is 16.5. The zero-order chi connectivity index (χ0) is 18.6. The van der Waals surface area contributed by atoms with E-state index in [0.717, 1.165) is 50.8 Å². The van der Waals surface area contributed by atoms with Gasteiger partial charge in [0.25, 0.3) is 5.91 Å². The maximum atomic E-state index is 13.1. The Bertz CT molecular complexity index is 779. The van der Waals surface area contributed by atoms with Crippen LogP contribution < -0.4 is 14.7 Å². The first kappa shape index (κ1) is 18.3. The van der Waals surface area contributed by atoms with Gasteiger partial charge < -0.3 is 14.7 Å². The summed E-state index contributed by atoms with van der Waals surface area (Å²) in [6.45, 7) is 7.24. The van der Waals surface area contributed by atoms with E-state index in [9.17, 15) is 4.79 Å². The summed E-state index contributed by atoms with van der Waals surface area (Å²) in [7, 11) is 0. The van der Waals surface area contributed by atoms with Crippen molar-refractivity contribution in [3.63, 3.8) is 0 Å². The molecule has 6 nitrogen and oxygen atoms in total. The van der Waals surface area contributed by atoms with Gasteiger partial charge in [0.15, 0.2) is 6.54 Å². The lowest BCUT2D eigenvalue weighted by Gasteiger charge is -2.33. The molecule has 0 unspecified atom stereocenters. The number of fused-ring (bicyclic) bond motifs is 1. The molecule has 0 aliphatic carbocycles. The summed E-state index contributed by atoms with van der Waals surface area (Å²) in [4.78, 5) is 28.5. The van der Waals surface area contributed by atoms with Gasteiger partial charge in [0.05, 0.1) is 31.9 Å². The molecule has 2 aliphatic rings. The van der Waals surface area contributed by atoms with Crippen LogP contribution in [0.5, 0.6) is 0 Å². The van der Waals surface area contributed by atoms with Crippen LogP contribution in [0.3, 0.4) is 0 Å². The van der Waals surface area contributed by atoms with Crippen molar-refractivity contribution >= 4 is 29.3 Å². The monoisotopic (exact) mass is 384 g/mol. The number of thioether (sulfide) groups is 1. The molecule has 1 N–H and O–H groups in total. The summed E-state index contributed by atoms with van der Waals surface area (Å²) in [5, 5.41) is 0.533. The van der Waals surface area contributed by atoms with E-state index in [1.54, 1.807) is 12.4 Å². The number of carbonyl (C=O) groups is 1. The van der Waals surface area contributed by atoms with Crippen molar-refractivity contribution in [2.75, 3.05) is 49.1 Å². The van der Waals surface area contributed by atoms with E-state index in [4.69, 9.17) is 0 Å². The topological polar surface area (TPSA) is 53.8 Å². The molecule has 0 saturated carbocycles. The molecule has 142 valence electrons. The Balaban J connectivity index is 1.39. The molecule has 1 atom stereocenters. The van der Waals surface area contributed by atoms with Gasteiger partial charge in [0, 0.05) is 29.1 Å². The number of para-hydroxylation sites is 1. The van der Waals surface area contributed by atoms with E-state index in [1.165, 1.54) is 9.80 Å². The molecule has 1 saturated heterocycles. The first-order chi connectivity index (χ1) is 13.2. The van der Waals surface area contributed by atoms with Gasteiger partial charge in [-0.15, -0.1) is 11.8 Å². The summed E-state index contributed by atoms with van der Waals surface area (Å²) in [6.07, 6.45) is 4.58. The van der Waals surface area contributed by atoms with Gasteiger partial charge >= 0.3 is 0 Å². The lowest BCUT2D eigenvalue weighted by Crippen LogP contribution is -3.16. The van der Waals surface area contributed by atoms with Crippen molar-refractivity contribution in [1.82, 2.24) is 9.97 Å². The van der Waals surface area contributed by atoms with Crippen LogP contribution in [0.15, 0.2) is 47.6 Å². The molecular weight excluding hydrogens is 358 g/mol. The van der Waals surface area contributed by atoms with Crippen molar-refractivity contribution in [3.8, 4) is 0 Å². The molecule has 27 heavy (non-hydrogen) atoms. The fourth-order valence-corrected chi connectivity index (χ4v) is 4.82. The maximum absolute atomic E-state index is 13.1. The fraction of sp³-hybridized carbons (Fsp3) is 0.450. The molecule has 1 fully saturated rings. The lowest BCUT2D eigenvalue weighted by atomic mass is 10.2. The van der Waals surface area contributed by atoms with Crippen LogP contribution in [0, 0.1) is 0 Å². The Kier molecular flexibility index (Phi) is 5.59. The Morgan fingerprint density at radius 1 is 1.15 bits per heavy atom. The molecule has 0 bridgehead atoms. The normalized spacial score (nSPS) is 20.9. The Labute approximate surface area is 164 Å². The number of hydrogen-bond donors (Lipinski definition) is 1. The van der Waals surface area contributed by atoms with Gasteiger partial charge in [-0.3, -0.25) is 4.79 Å². The Morgan fingerprint density at radius 2 is 1.89 bits per heavy atom. The van der Waals surface area contributed by atoms with Crippen molar-refractivity contribution in [2.24, 2.45) is 0 Å². The highest BCUT2D eigenvalue weighted by molar-refractivity contribution is 8.00. The number of benzene rings is 1. The molecule has 2 aromatic rings. The molecule has 0 radical (unpaired) electrons. The van der Waals surface area contributed by atoms with Gasteiger partial charge in [-0.1, -0.05) is 19.1 Å². The van der Waals surface area contributed by atoms with Crippen LogP contribution in [0.25, 0.3) is 0 Å². The quantitative estimate of drug-likeness (QED) is 0.859. The van der Waals surface area contributed by atoms with Crippen LogP contribution >= 0.6 is 11.8 Å². The summed E-state index contributed by atoms with van der Waals surface area (Å²) < 4.78 is 0. The number of quaternary nitrogens is 1. The highest BCUT2D eigenvalue weighted by Crippen LogP contribution is 2.37. The number of hydrogen-bond acceptors (Lipinski definition) is 5. The molecular formula is C20H26N5OS+. The summed E-state index contributed by atoms with van der Waals surface area (Å²) in [6, 6.07) is 10.1. The minimum Gasteiger partial charge on any atom is -0.330 e. The van der Waals surface area contributed by atoms with Crippen LogP contribution in [0.4, 0.5) is 11.6 Å². The third kappa shape index (κ3) is 4.25. The molecule has 4 rings (SSSR count).